The van der Waals surface area contributed by atoms with Gasteiger partial charge in [0.25, 0.3) is 0 Å². The fourth-order valence-corrected chi connectivity index (χ4v) is 2.88. The highest BCUT2D eigenvalue weighted by Crippen LogP contribution is 2.26. The van der Waals surface area contributed by atoms with Gasteiger partial charge in [0.2, 0.25) is 5.91 Å². The van der Waals surface area contributed by atoms with Gasteiger partial charge in [0.1, 0.15) is 5.75 Å². The number of aryl methyl sites for hydroxylation is 1. The first-order valence-electron chi connectivity index (χ1n) is 8.26. The molecular weight excluding hydrogens is 330 g/mol. The zero-order valence-corrected chi connectivity index (χ0v) is 14.2. The number of hydrogen-bond donors (Lipinski definition) is 1. The van der Waals surface area contributed by atoms with Crippen molar-refractivity contribution in [3.8, 4) is 17.1 Å². The van der Waals surface area contributed by atoms with E-state index in [1.807, 2.05) is 42.5 Å². The summed E-state index contributed by atoms with van der Waals surface area (Å²) in [5.74, 6) is 1.37. The van der Waals surface area contributed by atoms with Crippen molar-refractivity contribution in [1.82, 2.24) is 20.2 Å². The van der Waals surface area contributed by atoms with E-state index < -0.39 is 0 Å². The third-order valence-electron chi connectivity index (χ3n) is 4.15. The molecule has 0 aliphatic carbocycles. The largest absolute Gasteiger partial charge is 0.493 e. The van der Waals surface area contributed by atoms with Crippen molar-refractivity contribution < 1.29 is 9.53 Å². The molecule has 1 aliphatic rings. The number of rotatable bonds is 4. The average Bonchev–Trinajstić information content (AvgIpc) is 3.28. The summed E-state index contributed by atoms with van der Waals surface area (Å²) in [5, 5.41) is 14.3. The molecule has 0 bridgehead atoms. The highest BCUT2D eigenvalue weighted by Gasteiger charge is 2.11. The van der Waals surface area contributed by atoms with Gasteiger partial charge in [-0.15, -0.1) is 5.10 Å². The fourth-order valence-electron chi connectivity index (χ4n) is 2.88. The third kappa shape index (κ3) is 3.32. The summed E-state index contributed by atoms with van der Waals surface area (Å²) in [6.45, 7) is 0.723. The zero-order chi connectivity index (χ0) is 17.9. The van der Waals surface area contributed by atoms with Gasteiger partial charge in [-0.25, -0.2) is 4.68 Å². The Morgan fingerprint density at radius 2 is 2.19 bits per heavy atom. The van der Waals surface area contributed by atoms with E-state index in [0.717, 1.165) is 29.9 Å². The summed E-state index contributed by atoms with van der Waals surface area (Å²) < 4.78 is 7.07. The highest BCUT2D eigenvalue weighted by atomic mass is 16.5. The minimum Gasteiger partial charge on any atom is -0.493 e. The van der Waals surface area contributed by atoms with Crippen LogP contribution in [0.25, 0.3) is 17.5 Å². The monoisotopic (exact) mass is 347 g/mol. The predicted octanol–water partition coefficient (Wildman–Crippen LogP) is 2.46. The number of aromatic nitrogens is 4. The van der Waals surface area contributed by atoms with Gasteiger partial charge in [-0.2, -0.15) is 0 Å². The Balaban J connectivity index is 1.46. The van der Waals surface area contributed by atoms with E-state index in [-0.39, 0.29) is 5.91 Å². The van der Waals surface area contributed by atoms with Crippen molar-refractivity contribution in [3.63, 3.8) is 0 Å². The first-order valence-corrected chi connectivity index (χ1v) is 8.26. The minimum atomic E-state index is -0.199. The molecule has 3 aromatic rings. The predicted molar refractivity (Wildman–Crippen MR) is 97.5 cm³/mol. The fraction of sp³-hybridized carbons (Fsp3) is 0.158. The lowest BCUT2D eigenvalue weighted by Gasteiger charge is -2.05. The summed E-state index contributed by atoms with van der Waals surface area (Å²) in [7, 11) is 1.77. The Morgan fingerprint density at radius 3 is 3.04 bits per heavy atom. The zero-order valence-electron chi connectivity index (χ0n) is 14.2. The summed E-state index contributed by atoms with van der Waals surface area (Å²) in [6, 6.07) is 13.3. The summed E-state index contributed by atoms with van der Waals surface area (Å²) >= 11 is 0. The molecule has 26 heavy (non-hydrogen) atoms. The molecule has 1 N–H and O–H groups in total. The minimum absolute atomic E-state index is 0.199. The quantitative estimate of drug-likeness (QED) is 0.733. The van der Waals surface area contributed by atoms with Gasteiger partial charge in [0, 0.05) is 30.8 Å². The topological polar surface area (TPSA) is 81.9 Å². The van der Waals surface area contributed by atoms with Crippen LogP contribution in [0.15, 0.2) is 48.5 Å². The smallest absolute Gasteiger partial charge is 0.248 e. The Kier molecular flexibility index (Phi) is 4.18. The Morgan fingerprint density at radius 1 is 1.27 bits per heavy atom. The van der Waals surface area contributed by atoms with Crippen LogP contribution in [0.3, 0.4) is 0 Å². The van der Waals surface area contributed by atoms with E-state index in [9.17, 15) is 4.79 Å². The van der Waals surface area contributed by atoms with Gasteiger partial charge in [-0.1, -0.05) is 18.2 Å². The maximum Gasteiger partial charge on any atom is 0.248 e. The molecular formula is C19H17N5O2. The lowest BCUT2D eigenvalue weighted by atomic mass is 10.1. The number of anilines is 1. The summed E-state index contributed by atoms with van der Waals surface area (Å²) in [5.41, 5.74) is 3.67. The Hall–Kier alpha value is -3.48. The van der Waals surface area contributed by atoms with Crippen LogP contribution in [0.5, 0.6) is 5.75 Å². The maximum absolute atomic E-state index is 12.2. The number of benzene rings is 2. The van der Waals surface area contributed by atoms with Gasteiger partial charge < -0.3 is 10.1 Å². The first kappa shape index (κ1) is 16.0. The molecule has 0 spiro atoms. The normalized spacial score (nSPS) is 12.8. The molecule has 0 saturated heterocycles. The standard InChI is InChI=1S/C19H17N5O2/c1-24-19(21-22-23-24)15-3-2-4-16(12-15)20-18(25)8-6-13-5-7-17-14(11-13)9-10-26-17/h2-8,11-12H,9-10H2,1H3,(H,20,25)/b8-6+. The van der Waals surface area contributed by atoms with E-state index in [1.165, 1.54) is 11.6 Å². The number of carbonyl (C=O) groups is 1. The van der Waals surface area contributed by atoms with Crippen molar-refractivity contribution in [2.75, 3.05) is 11.9 Å². The van der Waals surface area contributed by atoms with Gasteiger partial charge in [0.05, 0.1) is 6.61 Å². The molecule has 7 nitrogen and oxygen atoms in total. The van der Waals surface area contributed by atoms with E-state index in [4.69, 9.17) is 4.74 Å². The van der Waals surface area contributed by atoms with Crippen LogP contribution in [-0.4, -0.2) is 32.7 Å². The molecule has 0 saturated carbocycles. The van der Waals surface area contributed by atoms with Crippen molar-refractivity contribution >= 4 is 17.7 Å². The second-order valence-corrected chi connectivity index (χ2v) is 6.00. The van der Waals surface area contributed by atoms with Crippen molar-refractivity contribution in [2.24, 2.45) is 7.05 Å². The second kappa shape index (κ2) is 6.79. The van der Waals surface area contributed by atoms with Crippen molar-refractivity contribution in [2.45, 2.75) is 6.42 Å². The highest BCUT2D eigenvalue weighted by molar-refractivity contribution is 6.02. The summed E-state index contributed by atoms with van der Waals surface area (Å²) in [4.78, 5) is 12.2. The lowest BCUT2D eigenvalue weighted by molar-refractivity contribution is -0.111. The average molecular weight is 347 g/mol. The van der Waals surface area contributed by atoms with Gasteiger partial charge in [0.15, 0.2) is 5.82 Å². The number of nitrogens with zero attached hydrogens (tertiary/aromatic N) is 4. The van der Waals surface area contributed by atoms with Gasteiger partial charge in [-0.3, -0.25) is 4.79 Å². The third-order valence-corrected chi connectivity index (χ3v) is 4.15. The van der Waals surface area contributed by atoms with Crippen LogP contribution in [0, 0.1) is 0 Å². The molecule has 0 atom stereocenters. The van der Waals surface area contributed by atoms with Gasteiger partial charge in [-0.05, 0) is 51.9 Å². The number of ether oxygens (including phenoxy) is 1. The SMILES string of the molecule is Cn1nnnc1-c1cccc(NC(=O)/C=C/c2ccc3c(c2)CCO3)c1. The van der Waals surface area contributed by atoms with Crippen LogP contribution >= 0.6 is 0 Å². The van der Waals surface area contributed by atoms with E-state index in [2.05, 4.69) is 20.8 Å². The molecule has 1 aliphatic heterocycles. The maximum atomic E-state index is 12.2. The Labute approximate surface area is 150 Å². The van der Waals surface area contributed by atoms with Crippen molar-refractivity contribution in [1.29, 1.82) is 0 Å². The number of nitrogens with one attached hydrogen (secondary N) is 1. The molecule has 0 radical (unpaired) electrons. The molecule has 7 heteroatoms. The van der Waals surface area contributed by atoms with Crippen LogP contribution in [0.2, 0.25) is 0 Å². The molecule has 1 aromatic heterocycles. The molecule has 1 amide bonds. The van der Waals surface area contributed by atoms with E-state index >= 15 is 0 Å². The molecule has 4 rings (SSSR count). The molecule has 0 unspecified atom stereocenters. The number of hydrogen-bond acceptors (Lipinski definition) is 5. The van der Waals surface area contributed by atoms with Crippen LogP contribution in [0.4, 0.5) is 5.69 Å². The van der Waals surface area contributed by atoms with Gasteiger partial charge >= 0.3 is 0 Å². The Bertz CT molecular complexity index is 993. The molecule has 130 valence electrons. The number of carbonyl (C=O) groups excluding carboxylic acids is 1. The molecule has 0 fully saturated rings. The molecule has 2 aromatic carbocycles. The number of tetrazole rings is 1. The summed E-state index contributed by atoms with van der Waals surface area (Å²) in [6.07, 6.45) is 4.23. The van der Waals surface area contributed by atoms with E-state index in [1.54, 1.807) is 17.8 Å². The van der Waals surface area contributed by atoms with Crippen LogP contribution < -0.4 is 10.1 Å². The van der Waals surface area contributed by atoms with Crippen LogP contribution in [-0.2, 0) is 18.3 Å². The number of amides is 1. The number of fused-ring (bicyclic) bond motifs is 1. The first-order chi connectivity index (χ1) is 12.7. The van der Waals surface area contributed by atoms with Crippen molar-refractivity contribution in [3.05, 3.63) is 59.7 Å². The second-order valence-electron chi connectivity index (χ2n) is 6.00. The van der Waals surface area contributed by atoms with Crippen LogP contribution in [0.1, 0.15) is 11.1 Å². The molecule has 2 heterocycles. The lowest BCUT2D eigenvalue weighted by Crippen LogP contribution is -2.07. The van der Waals surface area contributed by atoms with E-state index in [0.29, 0.717) is 11.5 Å².